The molecule has 1 saturated heterocycles. The van der Waals surface area contributed by atoms with Crippen molar-refractivity contribution >= 4 is 11.8 Å². The first-order valence-corrected chi connectivity index (χ1v) is 3.84. The quantitative estimate of drug-likeness (QED) is 0.558. The minimum Gasteiger partial charge on any atom is -0.454 e. The van der Waals surface area contributed by atoms with Gasteiger partial charge in [-0.1, -0.05) is 13.8 Å². The lowest BCUT2D eigenvalue weighted by Gasteiger charge is -2.09. The summed E-state index contributed by atoms with van der Waals surface area (Å²) in [5, 5.41) is 0. The summed E-state index contributed by atoms with van der Waals surface area (Å²) in [5.41, 5.74) is 0. The molecule has 0 N–H and O–H groups in total. The van der Waals surface area contributed by atoms with Gasteiger partial charge >= 0.3 is 5.97 Å². The molecule has 0 aliphatic carbocycles. The zero-order valence-corrected chi connectivity index (χ0v) is 6.79. The number of ether oxygens (including phenoxy) is 1. The average molecular weight is 156 g/mol. The highest BCUT2D eigenvalue weighted by Gasteiger charge is 2.30. The number of carbonyl (C=O) groups excluding carboxylic acids is 2. The molecular weight excluding hydrogens is 144 g/mol. The van der Waals surface area contributed by atoms with Crippen LogP contribution in [-0.2, 0) is 14.3 Å². The lowest BCUT2D eigenvalue weighted by molar-refractivity contribution is -0.148. The molecule has 0 aromatic rings. The van der Waals surface area contributed by atoms with Crippen LogP contribution in [0.3, 0.4) is 0 Å². The predicted molar refractivity (Wildman–Crippen MR) is 39.0 cm³/mol. The topological polar surface area (TPSA) is 43.4 Å². The van der Waals surface area contributed by atoms with Crippen molar-refractivity contribution in [2.24, 2.45) is 5.92 Å². The van der Waals surface area contributed by atoms with Crippen LogP contribution in [0.25, 0.3) is 0 Å². The van der Waals surface area contributed by atoms with Gasteiger partial charge in [0, 0.05) is 18.8 Å². The molecule has 1 aliphatic heterocycles. The maximum Gasteiger partial charge on any atom is 0.306 e. The number of hydrogen-bond acceptors (Lipinski definition) is 3. The van der Waals surface area contributed by atoms with E-state index in [0.29, 0.717) is 12.8 Å². The second-order valence-electron chi connectivity index (χ2n) is 3.07. The van der Waals surface area contributed by atoms with Crippen LogP contribution in [0.2, 0.25) is 0 Å². The zero-order valence-electron chi connectivity index (χ0n) is 6.79. The van der Waals surface area contributed by atoms with E-state index in [0.717, 1.165) is 0 Å². The molecule has 1 atom stereocenters. The van der Waals surface area contributed by atoms with Gasteiger partial charge in [-0.05, 0) is 0 Å². The molecule has 1 fully saturated rings. The number of hydrogen-bond donors (Lipinski definition) is 0. The Labute approximate surface area is 65.7 Å². The molecule has 11 heavy (non-hydrogen) atoms. The van der Waals surface area contributed by atoms with Crippen molar-refractivity contribution in [1.82, 2.24) is 0 Å². The Morgan fingerprint density at radius 2 is 2.27 bits per heavy atom. The normalized spacial score (nSPS) is 23.9. The Balaban J connectivity index is 2.50. The largest absolute Gasteiger partial charge is 0.454 e. The summed E-state index contributed by atoms with van der Waals surface area (Å²) in [6.45, 7) is 3.63. The molecule has 1 rings (SSSR count). The molecule has 0 aromatic heterocycles. The Hall–Kier alpha value is -0.860. The molecule has 0 unspecified atom stereocenters. The van der Waals surface area contributed by atoms with Crippen molar-refractivity contribution in [3.8, 4) is 0 Å². The molecule has 3 nitrogen and oxygen atoms in total. The molecule has 0 amide bonds. The van der Waals surface area contributed by atoms with Crippen LogP contribution in [0, 0.1) is 5.92 Å². The second kappa shape index (κ2) is 3.03. The van der Waals surface area contributed by atoms with Gasteiger partial charge in [-0.15, -0.1) is 0 Å². The highest BCUT2D eigenvalue weighted by Crippen LogP contribution is 2.17. The molecule has 0 bridgehead atoms. The van der Waals surface area contributed by atoms with Crippen LogP contribution in [-0.4, -0.2) is 17.9 Å². The predicted octanol–water partition coefficient (Wildman–Crippen LogP) is 0.917. The maximum atomic E-state index is 11.2. The summed E-state index contributed by atoms with van der Waals surface area (Å²) in [5.74, 6) is -0.245. The van der Waals surface area contributed by atoms with E-state index in [1.54, 1.807) is 0 Å². The van der Waals surface area contributed by atoms with Gasteiger partial charge in [0.2, 0.25) is 0 Å². The van der Waals surface area contributed by atoms with Crippen molar-refractivity contribution in [3.05, 3.63) is 0 Å². The van der Waals surface area contributed by atoms with Crippen LogP contribution in [0.15, 0.2) is 0 Å². The first kappa shape index (κ1) is 8.24. The highest BCUT2D eigenvalue weighted by molar-refractivity contribution is 5.89. The molecular formula is C8H12O3. The number of esters is 1. The highest BCUT2D eigenvalue weighted by atomic mass is 16.6. The van der Waals surface area contributed by atoms with Gasteiger partial charge < -0.3 is 4.74 Å². The van der Waals surface area contributed by atoms with Gasteiger partial charge in [0.15, 0.2) is 11.9 Å². The Morgan fingerprint density at radius 1 is 1.64 bits per heavy atom. The van der Waals surface area contributed by atoms with Crippen LogP contribution >= 0.6 is 0 Å². The van der Waals surface area contributed by atoms with Crippen LogP contribution in [0.1, 0.15) is 26.7 Å². The fraction of sp³-hybridized carbons (Fsp3) is 0.750. The SMILES string of the molecule is CC(C)C(=O)[C@@H]1CCC(=O)O1. The third-order valence-electron chi connectivity index (χ3n) is 1.77. The fourth-order valence-corrected chi connectivity index (χ4v) is 1.10. The molecule has 0 spiro atoms. The molecule has 0 radical (unpaired) electrons. The second-order valence-corrected chi connectivity index (χ2v) is 3.07. The smallest absolute Gasteiger partial charge is 0.306 e. The summed E-state index contributed by atoms with van der Waals surface area (Å²) < 4.78 is 4.80. The van der Waals surface area contributed by atoms with Gasteiger partial charge in [0.05, 0.1) is 0 Å². The van der Waals surface area contributed by atoms with Gasteiger partial charge in [-0.2, -0.15) is 0 Å². The number of carbonyl (C=O) groups is 2. The summed E-state index contributed by atoms with van der Waals surface area (Å²) in [6, 6.07) is 0. The van der Waals surface area contributed by atoms with Crippen molar-refractivity contribution < 1.29 is 14.3 Å². The van der Waals surface area contributed by atoms with E-state index in [1.807, 2.05) is 13.8 Å². The third kappa shape index (κ3) is 1.79. The molecule has 0 saturated carbocycles. The summed E-state index contributed by atoms with van der Waals surface area (Å²) in [7, 11) is 0. The van der Waals surface area contributed by atoms with Gasteiger partial charge in [0.25, 0.3) is 0 Å². The standard InChI is InChI=1S/C8H12O3/c1-5(2)8(10)6-3-4-7(9)11-6/h5-6H,3-4H2,1-2H3/t6-/m0/s1. The van der Waals surface area contributed by atoms with Crippen LogP contribution in [0.4, 0.5) is 0 Å². The van der Waals surface area contributed by atoms with Crippen molar-refractivity contribution in [3.63, 3.8) is 0 Å². The number of ketones is 1. The third-order valence-corrected chi connectivity index (χ3v) is 1.77. The van der Waals surface area contributed by atoms with E-state index in [9.17, 15) is 9.59 Å². The molecule has 62 valence electrons. The van der Waals surface area contributed by atoms with E-state index < -0.39 is 6.10 Å². The molecule has 0 aromatic carbocycles. The number of rotatable bonds is 2. The molecule has 1 aliphatic rings. The van der Waals surface area contributed by atoms with E-state index in [1.165, 1.54) is 0 Å². The summed E-state index contributed by atoms with van der Waals surface area (Å²) in [6.07, 6.45) is 0.501. The summed E-state index contributed by atoms with van der Waals surface area (Å²) >= 11 is 0. The van der Waals surface area contributed by atoms with Crippen LogP contribution < -0.4 is 0 Å². The van der Waals surface area contributed by atoms with Crippen molar-refractivity contribution in [2.75, 3.05) is 0 Å². The minimum atomic E-state index is -0.456. The number of Topliss-reactive ketones (excluding diaryl/α,β-unsaturated/α-hetero) is 1. The Kier molecular flexibility index (Phi) is 2.27. The summed E-state index contributed by atoms with van der Waals surface area (Å²) in [4.78, 5) is 21.8. The monoisotopic (exact) mass is 156 g/mol. The van der Waals surface area contributed by atoms with E-state index in [2.05, 4.69) is 0 Å². The Morgan fingerprint density at radius 3 is 2.64 bits per heavy atom. The van der Waals surface area contributed by atoms with Crippen LogP contribution in [0.5, 0.6) is 0 Å². The average Bonchev–Trinajstić information content (AvgIpc) is 2.34. The fourth-order valence-electron chi connectivity index (χ4n) is 1.10. The van der Waals surface area contributed by atoms with Crippen molar-refractivity contribution in [1.29, 1.82) is 0 Å². The molecule has 3 heteroatoms. The Bertz CT molecular complexity index is 184. The van der Waals surface area contributed by atoms with Gasteiger partial charge in [-0.25, -0.2) is 0 Å². The number of cyclic esters (lactones) is 1. The lowest BCUT2D eigenvalue weighted by atomic mass is 10.0. The zero-order chi connectivity index (χ0) is 8.43. The van der Waals surface area contributed by atoms with E-state index >= 15 is 0 Å². The van der Waals surface area contributed by atoms with E-state index in [-0.39, 0.29) is 17.7 Å². The first-order chi connectivity index (χ1) is 5.11. The maximum absolute atomic E-state index is 11.2. The van der Waals surface area contributed by atoms with Crippen molar-refractivity contribution in [2.45, 2.75) is 32.8 Å². The van der Waals surface area contributed by atoms with Gasteiger partial charge in [-0.3, -0.25) is 9.59 Å². The minimum absolute atomic E-state index is 0.0362. The van der Waals surface area contributed by atoms with E-state index in [4.69, 9.17) is 4.74 Å². The first-order valence-electron chi connectivity index (χ1n) is 3.84. The molecule has 1 heterocycles. The lowest BCUT2D eigenvalue weighted by Crippen LogP contribution is -2.24. The van der Waals surface area contributed by atoms with Gasteiger partial charge in [0.1, 0.15) is 0 Å².